The summed E-state index contributed by atoms with van der Waals surface area (Å²) in [6.45, 7) is 3.95. The van der Waals surface area contributed by atoms with E-state index in [9.17, 15) is 4.79 Å². The number of hydrogen-bond donors (Lipinski definition) is 1. The summed E-state index contributed by atoms with van der Waals surface area (Å²) in [6.07, 6.45) is 8.38. The predicted octanol–water partition coefficient (Wildman–Crippen LogP) is 4.68. The third-order valence-electron chi connectivity index (χ3n) is 4.47. The maximum atomic E-state index is 12.6. The van der Waals surface area contributed by atoms with E-state index in [1.54, 1.807) is 6.20 Å². The van der Waals surface area contributed by atoms with Crippen molar-refractivity contribution in [1.29, 1.82) is 0 Å². The van der Waals surface area contributed by atoms with Gasteiger partial charge < -0.3 is 10.2 Å². The van der Waals surface area contributed by atoms with Gasteiger partial charge in [0.1, 0.15) is 0 Å². The number of carbonyl (C=O) groups is 1. The van der Waals surface area contributed by atoms with Crippen LogP contribution in [0.5, 0.6) is 0 Å². The summed E-state index contributed by atoms with van der Waals surface area (Å²) >= 11 is 6.12. The van der Waals surface area contributed by atoms with Crippen LogP contribution in [0.2, 0.25) is 5.02 Å². The van der Waals surface area contributed by atoms with Crippen molar-refractivity contribution >= 4 is 28.9 Å². The summed E-state index contributed by atoms with van der Waals surface area (Å²) < 4.78 is 0. The average Bonchev–Trinajstić information content (AvgIpc) is 2.88. The Hall–Kier alpha value is -2.07. The molecular formula is C19H22ClN3O. The topological polar surface area (TPSA) is 45.2 Å². The van der Waals surface area contributed by atoms with Gasteiger partial charge in [-0.15, -0.1) is 0 Å². The molecule has 1 N–H and O–H groups in total. The minimum absolute atomic E-state index is 0.162. The number of amides is 1. The highest BCUT2D eigenvalue weighted by Crippen LogP contribution is 2.24. The largest absolute Gasteiger partial charge is 0.370 e. The first-order valence-electron chi connectivity index (χ1n) is 8.41. The van der Waals surface area contributed by atoms with Crippen LogP contribution >= 0.6 is 11.6 Å². The van der Waals surface area contributed by atoms with Crippen molar-refractivity contribution in [2.24, 2.45) is 0 Å². The third-order valence-corrected chi connectivity index (χ3v) is 4.88. The number of carbonyl (C=O) groups excluding carboxylic acids is 1. The molecule has 0 atom stereocenters. The number of nitrogens with zero attached hydrogens (tertiary/aromatic N) is 2. The molecule has 126 valence electrons. The lowest BCUT2D eigenvalue weighted by molar-refractivity contribution is 0.102. The average molecular weight is 344 g/mol. The van der Waals surface area contributed by atoms with Crippen LogP contribution in [0.15, 0.2) is 36.7 Å². The molecule has 24 heavy (non-hydrogen) atoms. The Morgan fingerprint density at radius 1 is 1.17 bits per heavy atom. The standard InChI is InChI=1S/C19H22ClN3O/c1-14-17(20)7-6-8-18(14)22-19(24)15-11-16(13-21-12-15)23-9-4-2-3-5-10-23/h6-8,11-13H,2-5,9-10H2,1H3,(H,22,24). The summed E-state index contributed by atoms with van der Waals surface area (Å²) in [6, 6.07) is 7.42. The molecular weight excluding hydrogens is 322 g/mol. The summed E-state index contributed by atoms with van der Waals surface area (Å²) in [5.41, 5.74) is 3.18. The van der Waals surface area contributed by atoms with Gasteiger partial charge in [0.05, 0.1) is 17.4 Å². The molecule has 1 aliphatic heterocycles. The van der Waals surface area contributed by atoms with Gasteiger partial charge in [-0.3, -0.25) is 9.78 Å². The van der Waals surface area contributed by atoms with Gasteiger partial charge in [-0.25, -0.2) is 0 Å². The van der Waals surface area contributed by atoms with Gasteiger partial charge in [0, 0.05) is 30.0 Å². The second-order valence-corrected chi connectivity index (χ2v) is 6.61. The first kappa shape index (κ1) is 16.8. The van der Waals surface area contributed by atoms with Gasteiger partial charge in [-0.1, -0.05) is 30.5 Å². The molecule has 1 amide bonds. The maximum Gasteiger partial charge on any atom is 0.257 e. The highest BCUT2D eigenvalue weighted by Gasteiger charge is 2.14. The summed E-state index contributed by atoms with van der Waals surface area (Å²) in [7, 11) is 0. The molecule has 2 heterocycles. The van der Waals surface area contributed by atoms with Crippen molar-refractivity contribution in [2.75, 3.05) is 23.3 Å². The fraction of sp³-hybridized carbons (Fsp3) is 0.368. The Morgan fingerprint density at radius 3 is 2.67 bits per heavy atom. The third kappa shape index (κ3) is 3.88. The van der Waals surface area contributed by atoms with E-state index in [0.717, 1.165) is 30.0 Å². The molecule has 1 fully saturated rings. The molecule has 0 spiro atoms. The van der Waals surface area contributed by atoms with Gasteiger partial charge in [0.2, 0.25) is 0 Å². The molecule has 3 rings (SSSR count). The lowest BCUT2D eigenvalue weighted by Crippen LogP contribution is -2.24. The molecule has 0 saturated carbocycles. The van der Waals surface area contributed by atoms with Gasteiger partial charge in [0.15, 0.2) is 0 Å². The highest BCUT2D eigenvalue weighted by atomic mass is 35.5. The van der Waals surface area contributed by atoms with Crippen LogP contribution in [-0.4, -0.2) is 24.0 Å². The van der Waals surface area contributed by atoms with Crippen molar-refractivity contribution in [3.05, 3.63) is 52.8 Å². The lowest BCUT2D eigenvalue weighted by atomic mass is 10.1. The zero-order valence-corrected chi connectivity index (χ0v) is 14.6. The van der Waals surface area contributed by atoms with Crippen LogP contribution in [0.1, 0.15) is 41.6 Å². The molecule has 1 aliphatic rings. The van der Waals surface area contributed by atoms with Gasteiger partial charge in [0.25, 0.3) is 5.91 Å². The summed E-state index contributed by atoms with van der Waals surface area (Å²) in [4.78, 5) is 19.2. The van der Waals surface area contributed by atoms with E-state index >= 15 is 0 Å². The fourth-order valence-electron chi connectivity index (χ4n) is 2.99. The fourth-order valence-corrected chi connectivity index (χ4v) is 3.17. The van der Waals surface area contributed by atoms with Crippen LogP contribution in [0.3, 0.4) is 0 Å². The highest BCUT2D eigenvalue weighted by molar-refractivity contribution is 6.31. The number of halogens is 1. The first-order chi connectivity index (χ1) is 11.6. The molecule has 4 nitrogen and oxygen atoms in total. The van der Waals surface area contributed by atoms with E-state index in [4.69, 9.17) is 11.6 Å². The molecule has 2 aromatic rings. The number of hydrogen-bond acceptors (Lipinski definition) is 3. The van der Waals surface area contributed by atoms with Crippen LogP contribution in [0, 0.1) is 6.92 Å². The van der Waals surface area contributed by atoms with Gasteiger partial charge in [-0.05, 0) is 43.5 Å². The van der Waals surface area contributed by atoms with Crippen molar-refractivity contribution in [3.63, 3.8) is 0 Å². The Balaban J connectivity index is 1.77. The molecule has 0 radical (unpaired) electrons. The molecule has 0 unspecified atom stereocenters. The minimum Gasteiger partial charge on any atom is -0.370 e. The van der Waals surface area contributed by atoms with Crippen LogP contribution in [-0.2, 0) is 0 Å². The monoisotopic (exact) mass is 343 g/mol. The maximum absolute atomic E-state index is 12.6. The minimum atomic E-state index is -0.162. The van der Waals surface area contributed by atoms with Crippen LogP contribution in [0.4, 0.5) is 11.4 Å². The second-order valence-electron chi connectivity index (χ2n) is 6.20. The van der Waals surface area contributed by atoms with E-state index in [1.807, 2.05) is 37.4 Å². The molecule has 1 aromatic heterocycles. The zero-order valence-electron chi connectivity index (χ0n) is 13.9. The van der Waals surface area contributed by atoms with E-state index < -0.39 is 0 Å². The van der Waals surface area contributed by atoms with Crippen molar-refractivity contribution < 1.29 is 4.79 Å². The molecule has 0 bridgehead atoms. The first-order valence-corrected chi connectivity index (χ1v) is 8.79. The number of pyridine rings is 1. The summed E-state index contributed by atoms with van der Waals surface area (Å²) in [5.74, 6) is -0.162. The zero-order chi connectivity index (χ0) is 16.9. The quantitative estimate of drug-likeness (QED) is 0.880. The Kier molecular flexibility index (Phi) is 5.36. The number of nitrogens with one attached hydrogen (secondary N) is 1. The molecule has 1 aromatic carbocycles. The Bertz CT molecular complexity index is 724. The number of rotatable bonds is 3. The normalized spacial score (nSPS) is 15.0. The SMILES string of the molecule is Cc1c(Cl)cccc1NC(=O)c1cncc(N2CCCCCC2)c1. The Labute approximate surface area is 147 Å². The van der Waals surface area contributed by atoms with Crippen molar-refractivity contribution in [2.45, 2.75) is 32.6 Å². The van der Waals surface area contributed by atoms with E-state index in [2.05, 4.69) is 15.2 Å². The smallest absolute Gasteiger partial charge is 0.257 e. The molecule has 5 heteroatoms. The Morgan fingerprint density at radius 2 is 1.92 bits per heavy atom. The van der Waals surface area contributed by atoms with E-state index in [1.165, 1.54) is 25.7 Å². The van der Waals surface area contributed by atoms with Gasteiger partial charge >= 0.3 is 0 Å². The van der Waals surface area contributed by atoms with Crippen LogP contribution < -0.4 is 10.2 Å². The van der Waals surface area contributed by atoms with Gasteiger partial charge in [-0.2, -0.15) is 0 Å². The van der Waals surface area contributed by atoms with E-state index in [-0.39, 0.29) is 5.91 Å². The number of anilines is 2. The van der Waals surface area contributed by atoms with Crippen molar-refractivity contribution in [3.8, 4) is 0 Å². The molecule has 0 aliphatic carbocycles. The lowest BCUT2D eigenvalue weighted by Gasteiger charge is -2.22. The second kappa shape index (κ2) is 7.67. The number of benzene rings is 1. The van der Waals surface area contributed by atoms with Crippen molar-refractivity contribution in [1.82, 2.24) is 4.98 Å². The number of aromatic nitrogens is 1. The molecule has 1 saturated heterocycles. The van der Waals surface area contributed by atoms with Crippen LogP contribution in [0.25, 0.3) is 0 Å². The predicted molar refractivity (Wildman–Crippen MR) is 99.1 cm³/mol. The van der Waals surface area contributed by atoms with E-state index in [0.29, 0.717) is 10.6 Å². The summed E-state index contributed by atoms with van der Waals surface area (Å²) in [5, 5.41) is 3.57.